The first-order chi connectivity index (χ1) is 16.4. The van der Waals surface area contributed by atoms with Crippen molar-refractivity contribution in [1.82, 2.24) is 19.9 Å². The van der Waals surface area contributed by atoms with Crippen LogP contribution in [0, 0.1) is 6.92 Å². The van der Waals surface area contributed by atoms with Crippen LogP contribution in [0.15, 0.2) is 53.1 Å². The zero-order valence-electron chi connectivity index (χ0n) is 19.1. The van der Waals surface area contributed by atoms with Crippen LogP contribution in [0.1, 0.15) is 24.4 Å². The smallest absolute Gasteiger partial charge is 0.387 e. The summed E-state index contributed by atoms with van der Waals surface area (Å²) >= 11 is 0. The van der Waals surface area contributed by atoms with Gasteiger partial charge in [0.15, 0.2) is 0 Å². The number of nitrogens with one attached hydrogen (secondary N) is 1. The van der Waals surface area contributed by atoms with Crippen molar-refractivity contribution in [3.05, 3.63) is 60.0 Å². The zero-order chi connectivity index (χ0) is 24.1. The van der Waals surface area contributed by atoms with Gasteiger partial charge in [-0.05, 0) is 38.1 Å². The Bertz CT molecular complexity index is 1080. The molecule has 180 valence electrons. The maximum Gasteiger partial charge on any atom is 0.387 e. The number of hydrogen-bond acceptors (Lipinski definition) is 7. The molecule has 1 saturated heterocycles. The highest BCUT2D eigenvalue weighted by Crippen LogP contribution is 2.24. The number of aryl methyl sites for hydroxylation is 1. The summed E-state index contributed by atoms with van der Waals surface area (Å²) < 4.78 is 34.3. The minimum Gasteiger partial charge on any atom is -0.435 e. The Morgan fingerprint density at radius 3 is 2.41 bits per heavy atom. The number of halogens is 2. The molecule has 0 spiro atoms. The van der Waals surface area contributed by atoms with Crippen LogP contribution < -0.4 is 10.1 Å². The lowest BCUT2D eigenvalue weighted by molar-refractivity contribution is -0.117. The molecule has 1 N–H and O–H groups in total. The van der Waals surface area contributed by atoms with Crippen molar-refractivity contribution >= 4 is 11.6 Å². The summed E-state index contributed by atoms with van der Waals surface area (Å²) in [6, 6.07) is 13.8. The number of amides is 1. The topological polar surface area (TPSA) is 83.7 Å². The van der Waals surface area contributed by atoms with E-state index in [0.717, 1.165) is 31.7 Å². The van der Waals surface area contributed by atoms with Crippen LogP contribution in [0.25, 0.3) is 11.4 Å². The third-order valence-electron chi connectivity index (χ3n) is 5.79. The van der Waals surface area contributed by atoms with Gasteiger partial charge in [-0.25, -0.2) is 0 Å². The molecule has 8 nitrogen and oxygen atoms in total. The Balaban J connectivity index is 1.24. The number of aromatic nitrogens is 2. The van der Waals surface area contributed by atoms with Crippen LogP contribution in [0.5, 0.6) is 5.75 Å². The lowest BCUT2D eigenvalue weighted by atomic mass is 10.1. The van der Waals surface area contributed by atoms with Crippen molar-refractivity contribution in [3.8, 4) is 17.1 Å². The minimum absolute atomic E-state index is 0.0309. The average Bonchev–Trinajstić information content (AvgIpc) is 3.31. The zero-order valence-corrected chi connectivity index (χ0v) is 19.1. The second-order valence-electron chi connectivity index (χ2n) is 8.26. The van der Waals surface area contributed by atoms with Crippen LogP contribution in [-0.2, 0) is 4.79 Å². The normalized spacial score (nSPS) is 15.9. The molecule has 2 aromatic carbocycles. The molecular formula is C24H27F2N5O3. The molecule has 4 rings (SSSR count). The summed E-state index contributed by atoms with van der Waals surface area (Å²) in [6.07, 6.45) is 0. The largest absolute Gasteiger partial charge is 0.435 e. The third kappa shape index (κ3) is 6.15. The highest BCUT2D eigenvalue weighted by Gasteiger charge is 2.26. The summed E-state index contributed by atoms with van der Waals surface area (Å²) in [5.41, 5.74) is 2.62. The van der Waals surface area contributed by atoms with Gasteiger partial charge in [0, 0.05) is 37.4 Å². The molecule has 34 heavy (non-hydrogen) atoms. The first-order valence-electron chi connectivity index (χ1n) is 11.1. The first kappa shape index (κ1) is 23.8. The summed E-state index contributed by atoms with van der Waals surface area (Å²) in [7, 11) is 0. The van der Waals surface area contributed by atoms with Gasteiger partial charge in [-0.3, -0.25) is 14.6 Å². The molecule has 0 saturated carbocycles. The van der Waals surface area contributed by atoms with E-state index < -0.39 is 6.61 Å². The Labute approximate surface area is 196 Å². The van der Waals surface area contributed by atoms with Crippen molar-refractivity contribution in [3.63, 3.8) is 0 Å². The van der Waals surface area contributed by atoms with Crippen molar-refractivity contribution in [2.45, 2.75) is 26.5 Å². The maximum atomic E-state index is 12.4. The van der Waals surface area contributed by atoms with Crippen LogP contribution >= 0.6 is 0 Å². The number of piperazine rings is 1. The van der Waals surface area contributed by atoms with Crippen molar-refractivity contribution in [2.75, 3.05) is 38.0 Å². The van der Waals surface area contributed by atoms with Gasteiger partial charge in [0.1, 0.15) is 5.75 Å². The van der Waals surface area contributed by atoms with Gasteiger partial charge in [0.05, 0.1) is 12.6 Å². The number of carbonyl (C=O) groups is 1. The number of alkyl halides is 2. The Kier molecular flexibility index (Phi) is 7.49. The van der Waals surface area contributed by atoms with E-state index in [1.54, 1.807) is 0 Å². The van der Waals surface area contributed by atoms with Crippen molar-refractivity contribution < 1.29 is 22.8 Å². The molecule has 1 atom stereocenters. The lowest BCUT2D eigenvalue weighted by Crippen LogP contribution is -2.49. The molecule has 1 amide bonds. The van der Waals surface area contributed by atoms with Crippen molar-refractivity contribution in [1.29, 1.82) is 0 Å². The molecule has 2 heterocycles. The molecule has 0 bridgehead atoms. The van der Waals surface area contributed by atoms with Gasteiger partial charge in [-0.15, -0.1) is 0 Å². The summed E-state index contributed by atoms with van der Waals surface area (Å²) in [5.74, 6) is 1.03. The van der Waals surface area contributed by atoms with Crippen LogP contribution in [-0.4, -0.2) is 65.2 Å². The van der Waals surface area contributed by atoms with E-state index in [1.807, 2.05) is 38.1 Å². The highest BCUT2D eigenvalue weighted by atomic mass is 19.3. The van der Waals surface area contributed by atoms with E-state index in [-0.39, 0.29) is 24.2 Å². The Morgan fingerprint density at radius 1 is 1.09 bits per heavy atom. The number of nitrogens with zero attached hydrogens (tertiary/aromatic N) is 4. The predicted octanol–water partition coefficient (Wildman–Crippen LogP) is 3.96. The molecule has 0 aliphatic carbocycles. The second-order valence-corrected chi connectivity index (χ2v) is 8.26. The molecule has 0 radical (unpaired) electrons. The minimum atomic E-state index is -2.88. The molecule has 3 aromatic rings. The van der Waals surface area contributed by atoms with E-state index >= 15 is 0 Å². The summed E-state index contributed by atoms with van der Waals surface area (Å²) in [6.45, 7) is 4.40. The fourth-order valence-corrected chi connectivity index (χ4v) is 3.81. The van der Waals surface area contributed by atoms with Gasteiger partial charge in [0.25, 0.3) is 0 Å². The number of hydrogen-bond donors (Lipinski definition) is 1. The van der Waals surface area contributed by atoms with E-state index in [0.29, 0.717) is 17.4 Å². The van der Waals surface area contributed by atoms with Gasteiger partial charge in [-0.1, -0.05) is 35.0 Å². The number of ether oxygens (including phenoxy) is 1. The van der Waals surface area contributed by atoms with E-state index in [2.05, 4.69) is 30.0 Å². The van der Waals surface area contributed by atoms with Gasteiger partial charge >= 0.3 is 6.61 Å². The quantitative estimate of drug-likeness (QED) is 0.532. The predicted molar refractivity (Wildman–Crippen MR) is 123 cm³/mol. The van der Waals surface area contributed by atoms with E-state index in [4.69, 9.17) is 4.52 Å². The molecule has 1 aliphatic rings. The fourth-order valence-electron chi connectivity index (χ4n) is 3.81. The van der Waals surface area contributed by atoms with Crippen LogP contribution in [0.2, 0.25) is 0 Å². The molecule has 1 aliphatic heterocycles. The molecule has 1 aromatic heterocycles. The number of carbonyl (C=O) groups excluding carboxylic acids is 1. The number of rotatable bonds is 8. The average molecular weight is 472 g/mol. The second kappa shape index (κ2) is 10.7. The molecule has 1 fully saturated rings. The number of benzene rings is 2. The fraction of sp³-hybridized carbons (Fsp3) is 0.375. The Morgan fingerprint density at radius 2 is 1.76 bits per heavy atom. The van der Waals surface area contributed by atoms with Gasteiger partial charge < -0.3 is 14.6 Å². The summed E-state index contributed by atoms with van der Waals surface area (Å²) in [5, 5.41) is 6.91. The molecule has 10 heteroatoms. The standard InChI is InChI=1S/C24H27F2N5O3/c1-16-3-5-18(6-4-16)22-28-23(34-29-22)17(2)31-13-11-30(12-14-31)15-21(32)27-19-7-9-20(10-8-19)33-24(25)26/h3-10,17,24H,11-15H2,1-2H3,(H,27,32). The van der Waals surface area contributed by atoms with Gasteiger partial charge in [0.2, 0.25) is 17.6 Å². The maximum absolute atomic E-state index is 12.4. The molecule has 1 unspecified atom stereocenters. The van der Waals surface area contributed by atoms with Crippen LogP contribution in [0.3, 0.4) is 0 Å². The van der Waals surface area contributed by atoms with Crippen LogP contribution in [0.4, 0.5) is 14.5 Å². The van der Waals surface area contributed by atoms with E-state index in [9.17, 15) is 13.6 Å². The van der Waals surface area contributed by atoms with Crippen molar-refractivity contribution in [2.24, 2.45) is 0 Å². The third-order valence-corrected chi connectivity index (χ3v) is 5.79. The number of anilines is 1. The first-order valence-corrected chi connectivity index (χ1v) is 11.1. The van der Waals surface area contributed by atoms with E-state index in [1.165, 1.54) is 29.8 Å². The highest BCUT2D eigenvalue weighted by molar-refractivity contribution is 5.92. The lowest BCUT2D eigenvalue weighted by Gasteiger charge is -2.36. The monoisotopic (exact) mass is 471 g/mol. The SMILES string of the molecule is Cc1ccc(-c2noc(C(C)N3CCN(CC(=O)Nc4ccc(OC(F)F)cc4)CC3)n2)cc1. The van der Waals surface area contributed by atoms with Gasteiger partial charge in [-0.2, -0.15) is 13.8 Å². The Hall–Kier alpha value is -3.37. The summed E-state index contributed by atoms with van der Waals surface area (Å²) in [4.78, 5) is 21.3. The molecular weight excluding hydrogens is 444 g/mol.